The standard InChI is InChI=1S/C20H19F2NO5/c1-20(2)9-12-4-3-5-16(19(12)28-20)26-11-18(25)27-10-17(24)23-15-7-6-13(21)8-14(15)22/h3-8H,9-11H2,1-2H3,(H,23,24). The summed E-state index contributed by atoms with van der Waals surface area (Å²) in [4.78, 5) is 23.6. The van der Waals surface area contributed by atoms with Crippen LogP contribution in [-0.2, 0) is 20.7 Å². The van der Waals surface area contributed by atoms with Gasteiger partial charge < -0.3 is 19.5 Å². The number of para-hydroxylation sites is 1. The van der Waals surface area contributed by atoms with Gasteiger partial charge in [0.25, 0.3) is 5.91 Å². The van der Waals surface area contributed by atoms with Gasteiger partial charge in [0.2, 0.25) is 0 Å². The van der Waals surface area contributed by atoms with Gasteiger partial charge in [0.1, 0.15) is 17.2 Å². The van der Waals surface area contributed by atoms with E-state index in [0.29, 0.717) is 17.6 Å². The average Bonchev–Trinajstić information content (AvgIpc) is 2.95. The van der Waals surface area contributed by atoms with Gasteiger partial charge in [-0.1, -0.05) is 12.1 Å². The lowest BCUT2D eigenvalue weighted by Crippen LogP contribution is -2.25. The number of benzene rings is 2. The summed E-state index contributed by atoms with van der Waals surface area (Å²) in [5.41, 5.74) is 0.422. The van der Waals surface area contributed by atoms with Crippen molar-refractivity contribution >= 4 is 17.6 Å². The molecule has 28 heavy (non-hydrogen) atoms. The fourth-order valence-electron chi connectivity index (χ4n) is 2.80. The van der Waals surface area contributed by atoms with E-state index in [0.717, 1.165) is 24.1 Å². The molecule has 8 heteroatoms. The Morgan fingerprint density at radius 1 is 1.18 bits per heavy atom. The molecule has 3 rings (SSSR count). The first kappa shape index (κ1) is 19.6. The summed E-state index contributed by atoms with van der Waals surface area (Å²) in [5, 5.41) is 2.19. The second-order valence-corrected chi connectivity index (χ2v) is 6.90. The molecule has 1 aliphatic rings. The number of amides is 1. The fourth-order valence-corrected chi connectivity index (χ4v) is 2.80. The second kappa shape index (κ2) is 7.84. The van der Waals surface area contributed by atoms with Crippen molar-refractivity contribution in [2.75, 3.05) is 18.5 Å². The minimum absolute atomic E-state index is 0.210. The molecule has 0 atom stereocenters. The number of carbonyl (C=O) groups is 2. The normalized spacial score (nSPS) is 14.0. The van der Waals surface area contributed by atoms with E-state index in [2.05, 4.69) is 5.32 Å². The van der Waals surface area contributed by atoms with Crippen LogP contribution in [-0.4, -0.2) is 30.7 Å². The van der Waals surface area contributed by atoms with Gasteiger partial charge in [-0.3, -0.25) is 4.79 Å². The molecular weight excluding hydrogens is 372 g/mol. The van der Waals surface area contributed by atoms with E-state index in [4.69, 9.17) is 14.2 Å². The highest BCUT2D eigenvalue weighted by Crippen LogP contribution is 2.41. The van der Waals surface area contributed by atoms with E-state index in [1.807, 2.05) is 19.9 Å². The summed E-state index contributed by atoms with van der Waals surface area (Å²) < 4.78 is 42.4. The Balaban J connectivity index is 1.48. The maximum Gasteiger partial charge on any atom is 0.344 e. The van der Waals surface area contributed by atoms with Crippen LogP contribution in [0.1, 0.15) is 19.4 Å². The number of carbonyl (C=O) groups excluding carboxylic acids is 2. The number of anilines is 1. The van der Waals surface area contributed by atoms with E-state index in [1.165, 1.54) is 0 Å². The van der Waals surface area contributed by atoms with Crippen LogP contribution >= 0.6 is 0 Å². The minimum atomic E-state index is -0.927. The number of hydrogen-bond donors (Lipinski definition) is 1. The summed E-state index contributed by atoms with van der Waals surface area (Å²) in [7, 11) is 0. The summed E-state index contributed by atoms with van der Waals surface area (Å²) >= 11 is 0. The highest BCUT2D eigenvalue weighted by molar-refractivity contribution is 5.92. The molecule has 2 aromatic rings. The Bertz CT molecular complexity index is 913. The molecular formula is C20H19F2NO5. The van der Waals surface area contributed by atoms with Gasteiger partial charge in [0, 0.05) is 18.1 Å². The van der Waals surface area contributed by atoms with Crippen molar-refractivity contribution in [3.8, 4) is 11.5 Å². The van der Waals surface area contributed by atoms with Crippen LogP contribution in [0.15, 0.2) is 36.4 Å². The number of hydrogen-bond acceptors (Lipinski definition) is 5. The van der Waals surface area contributed by atoms with Crippen molar-refractivity contribution in [2.45, 2.75) is 25.9 Å². The predicted octanol–water partition coefficient (Wildman–Crippen LogP) is 3.24. The van der Waals surface area contributed by atoms with Crippen LogP contribution in [0.2, 0.25) is 0 Å². The average molecular weight is 391 g/mol. The fraction of sp³-hybridized carbons (Fsp3) is 0.300. The maximum absolute atomic E-state index is 13.5. The van der Waals surface area contributed by atoms with Crippen molar-refractivity contribution in [1.82, 2.24) is 0 Å². The molecule has 1 amide bonds. The highest BCUT2D eigenvalue weighted by atomic mass is 19.1. The van der Waals surface area contributed by atoms with Crippen LogP contribution in [0.3, 0.4) is 0 Å². The van der Waals surface area contributed by atoms with Crippen LogP contribution in [0.5, 0.6) is 11.5 Å². The van der Waals surface area contributed by atoms with Crippen molar-refractivity contribution < 1.29 is 32.6 Å². The lowest BCUT2D eigenvalue weighted by atomic mass is 10.0. The van der Waals surface area contributed by atoms with Crippen molar-refractivity contribution in [2.24, 2.45) is 0 Å². The Morgan fingerprint density at radius 2 is 1.96 bits per heavy atom. The Hall–Kier alpha value is -3.16. The number of fused-ring (bicyclic) bond motifs is 1. The molecule has 6 nitrogen and oxygen atoms in total. The van der Waals surface area contributed by atoms with Crippen LogP contribution in [0, 0.1) is 11.6 Å². The highest BCUT2D eigenvalue weighted by Gasteiger charge is 2.32. The maximum atomic E-state index is 13.5. The minimum Gasteiger partial charge on any atom is -0.483 e. The SMILES string of the molecule is CC1(C)Cc2cccc(OCC(=O)OCC(=O)Nc3ccc(F)cc3F)c2O1. The second-order valence-electron chi connectivity index (χ2n) is 6.90. The molecule has 0 spiro atoms. The lowest BCUT2D eigenvalue weighted by molar-refractivity contribution is -0.149. The Morgan fingerprint density at radius 3 is 2.71 bits per heavy atom. The molecule has 0 radical (unpaired) electrons. The van der Waals surface area contributed by atoms with Gasteiger partial charge in [-0.15, -0.1) is 0 Å². The number of nitrogens with one attached hydrogen (secondary N) is 1. The molecule has 1 aliphatic heterocycles. The van der Waals surface area contributed by atoms with Gasteiger partial charge >= 0.3 is 5.97 Å². The van der Waals surface area contributed by atoms with E-state index >= 15 is 0 Å². The molecule has 0 aliphatic carbocycles. The van der Waals surface area contributed by atoms with Crippen LogP contribution in [0.4, 0.5) is 14.5 Å². The summed E-state index contributed by atoms with van der Waals surface area (Å²) in [6.45, 7) is 2.86. The van der Waals surface area contributed by atoms with E-state index in [9.17, 15) is 18.4 Å². The third-order valence-corrected chi connectivity index (χ3v) is 3.97. The molecule has 0 saturated heterocycles. The Kier molecular flexibility index (Phi) is 5.48. The van der Waals surface area contributed by atoms with Crippen molar-refractivity contribution in [1.29, 1.82) is 0 Å². The van der Waals surface area contributed by atoms with Crippen molar-refractivity contribution in [3.63, 3.8) is 0 Å². The molecule has 0 unspecified atom stereocenters. The van der Waals surface area contributed by atoms with Gasteiger partial charge in [-0.05, 0) is 32.0 Å². The van der Waals surface area contributed by atoms with Crippen LogP contribution < -0.4 is 14.8 Å². The van der Waals surface area contributed by atoms with Gasteiger partial charge in [-0.2, -0.15) is 0 Å². The van der Waals surface area contributed by atoms with Gasteiger partial charge in [-0.25, -0.2) is 13.6 Å². The monoisotopic (exact) mass is 391 g/mol. The van der Waals surface area contributed by atoms with E-state index < -0.39 is 36.7 Å². The van der Waals surface area contributed by atoms with Gasteiger partial charge in [0.05, 0.1) is 5.69 Å². The van der Waals surface area contributed by atoms with E-state index in [1.54, 1.807) is 12.1 Å². The smallest absolute Gasteiger partial charge is 0.344 e. The molecule has 0 bridgehead atoms. The quantitative estimate of drug-likeness (QED) is 0.766. The summed E-state index contributed by atoms with van der Waals surface area (Å²) in [6.07, 6.45) is 0.726. The topological polar surface area (TPSA) is 73.9 Å². The lowest BCUT2D eigenvalue weighted by Gasteiger charge is -2.18. The molecule has 0 fully saturated rings. The number of rotatable bonds is 6. The zero-order chi connectivity index (χ0) is 20.3. The van der Waals surface area contributed by atoms with Crippen molar-refractivity contribution in [3.05, 3.63) is 53.6 Å². The zero-order valence-electron chi connectivity index (χ0n) is 15.4. The largest absolute Gasteiger partial charge is 0.483 e. The Labute approximate surface area is 160 Å². The van der Waals surface area contributed by atoms with E-state index in [-0.39, 0.29) is 11.3 Å². The number of halogens is 2. The molecule has 0 saturated carbocycles. The summed E-state index contributed by atoms with van der Waals surface area (Å²) in [6, 6.07) is 8.11. The number of esters is 1. The summed E-state index contributed by atoms with van der Waals surface area (Å²) in [5.74, 6) is -2.22. The number of ether oxygens (including phenoxy) is 3. The molecule has 2 aromatic carbocycles. The zero-order valence-corrected chi connectivity index (χ0v) is 15.4. The molecule has 0 aromatic heterocycles. The third-order valence-electron chi connectivity index (χ3n) is 3.97. The molecule has 148 valence electrons. The first-order chi connectivity index (χ1) is 13.2. The van der Waals surface area contributed by atoms with Crippen LogP contribution in [0.25, 0.3) is 0 Å². The first-order valence-corrected chi connectivity index (χ1v) is 8.58. The molecule has 1 N–H and O–H groups in total. The first-order valence-electron chi connectivity index (χ1n) is 8.58. The van der Waals surface area contributed by atoms with Gasteiger partial charge in [0.15, 0.2) is 24.7 Å². The predicted molar refractivity (Wildman–Crippen MR) is 96.3 cm³/mol. The third kappa shape index (κ3) is 4.76. The molecule has 1 heterocycles.